The lowest BCUT2D eigenvalue weighted by molar-refractivity contribution is -0.128. The molecular formula is C17H27N5O2. The summed E-state index contributed by atoms with van der Waals surface area (Å²) in [5, 5.41) is 5.58. The van der Waals surface area contributed by atoms with E-state index in [4.69, 9.17) is 0 Å². The number of carbonyl (C=O) groups excluding carboxylic acids is 2. The molecule has 132 valence electrons. The molecule has 1 aliphatic rings. The van der Waals surface area contributed by atoms with Crippen LogP contribution in [-0.4, -0.2) is 61.0 Å². The summed E-state index contributed by atoms with van der Waals surface area (Å²) in [5.74, 6) is 0.566. The van der Waals surface area contributed by atoms with Crippen molar-refractivity contribution in [3.63, 3.8) is 0 Å². The lowest BCUT2D eigenvalue weighted by Crippen LogP contribution is -2.46. The molecule has 7 nitrogen and oxygen atoms in total. The third-order valence-electron chi connectivity index (χ3n) is 4.23. The molecule has 0 aliphatic carbocycles. The molecule has 1 aromatic heterocycles. The minimum absolute atomic E-state index is 0.166. The van der Waals surface area contributed by atoms with Gasteiger partial charge in [0.05, 0.1) is 0 Å². The first-order valence-electron chi connectivity index (χ1n) is 8.43. The fourth-order valence-corrected chi connectivity index (χ4v) is 2.78. The second-order valence-electron chi connectivity index (χ2n) is 6.16. The normalized spacial score (nSPS) is 16.5. The van der Waals surface area contributed by atoms with Gasteiger partial charge in [-0.1, -0.05) is 13.0 Å². The highest BCUT2D eigenvalue weighted by molar-refractivity contribution is 5.86. The average Bonchev–Trinajstić information content (AvgIpc) is 2.58. The predicted molar refractivity (Wildman–Crippen MR) is 93.7 cm³/mol. The molecule has 0 saturated carbocycles. The maximum absolute atomic E-state index is 12.2. The van der Waals surface area contributed by atoms with Crippen LogP contribution in [0.25, 0.3) is 0 Å². The number of nitrogens with zero attached hydrogens (tertiary/aromatic N) is 3. The van der Waals surface area contributed by atoms with Crippen molar-refractivity contribution in [1.82, 2.24) is 20.5 Å². The molecule has 2 heterocycles. The second-order valence-corrected chi connectivity index (χ2v) is 6.16. The number of nitrogens with one attached hydrogen (secondary N) is 2. The van der Waals surface area contributed by atoms with E-state index in [1.807, 2.05) is 19.1 Å². The molecule has 1 unspecified atom stereocenters. The lowest BCUT2D eigenvalue weighted by Gasteiger charge is -2.34. The number of hydrogen-bond acceptors (Lipinski definition) is 5. The van der Waals surface area contributed by atoms with Gasteiger partial charge in [0.2, 0.25) is 11.8 Å². The summed E-state index contributed by atoms with van der Waals surface area (Å²) >= 11 is 0. The molecule has 0 aromatic carbocycles. The third kappa shape index (κ3) is 4.92. The molecular weight excluding hydrogens is 306 g/mol. The summed E-state index contributed by atoms with van der Waals surface area (Å²) in [6, 6.07) is 3.37. The number of anilines is 1. The summed E-state index contributed by atoms with van der Waals surface area (Å²) in [7, 11) is 2.11. The third-order valence-corrected chi connectivity index (χ3v) is 4.23. The van der Waals surface area contributed by atoms with Gasteiger partial charge >= 0.3 is 0 Å². The number of rotatable bonds is 6. The summed E-state index contributed by atoms with van der Waals surface area (Å²) in [6.45, 7) is 7.56. The topological polar surface area (TPSA) is 77.6 Å². The Bertz CT molecular complexity index is 570. The highest BCUT2D eigenvalue weighted by Gasteiger charge is 2.20. The van der Waals surface area contributed by atoms with Crippen LogP contribution in [0.5, 0.6) is 0 Å². The highest BCUT2D eigenvalue weighted by atomic mass is 16.2. The number of amides is 2. The molecule has 24 heavy (non-hydrogen) atoms. The molecule has 2 N–H and O–H groups in total. The Morgan fingerprint density at radius 3 is 2.62 bits per heavy atom. The van der Waals surface area contributed by atoms with E-state index >= 15 is 0 Å². The van der Waals surface area contributed by atoms with Gasteiger partial charge in [-0.25, -0.2) is 4.98 Å². The largest absolute Gasteiger partial charge is 0.354 e. The molecule has 1 saturated heterocycles. The van der Waals surface area contributed by atoms with E-state index in [1.165, 1.54) is 6.92 Å². The molecule has 0 radical (unpaired) electrons. The van der Waals surface area contributed by atoms with Gasteiger partial charge in [-0.05, 0) is 19.5 Å². The van der Waals surface area contributed by atoms with Gasteiger partial charge in [0.25, 0.3) is 0 Å². The Morgan fingerprint density at radius 1 is 1.29 bits per heavy atom. The molecule has 1 aliphatic heterocycles. The van der Waals surface area contributed by atoms with Crippen LogP contribution in [0.15, 0.2) is 18.3 Å². The Hall–Kier alpha value is -2.15. The van der Waals surface area contributed by atoms with Gasteiger partial charge in [0.1, 0.15) is 11.9 Å². The van der Waals surface area contributed by atoms with Gasteiger partial charge in [0, 0.05) is 51.4 Å². The molecule has 2 rings (SSSR count). The van der Waals surface area contributed by atoms with Gasteiger partial charge < -0.3 is 20.4 Å². The van der Waals surface area contributed by atoms with E-state index in [0.29, 0.717) is 13.0 Å². The van der Waals surface area contributed by atoms with Crippen LogP contribution in [0.1, 0.15) is 25.8 Å². The van der Waals surface area contributed by atoms with E-state index in [-0.39, 0.29) is 11.8 Å². The fourth-order valence-electron chi connectivity index (χ4n) is 2.78. The van der Waals surface area contributed by atoms with E-state index in [0.717, 1.165) is 37.6 Å². The lowest BCUT2D eigenvalue weighted by atomic mass is 10.2. The molecule has 0 bridgehead atoms. The zero-order valence-electron chi connectivity index (χ0n) is 14.7. The summed E-state index contributed by atoms with van der Waals surface area (Å²) in [4.78, 5) is 32.5. The van der Waals surface area contributed by atoms with Gasteiger partial charge in [-0.3, -0.25) is 9.59 Å². The number of likely N-dealkylation sites (N-methyl/N-ethyl adjacent to an activating group) is 1. The summed E-state index contributed by atoms with van der Waals surface area (Å²) in [5.41, 5.74) is 0.994. The first-order chi connectivity index (χ1) is 11.5. The smallest absolute Gasteiger partial charge is 0.242 e. The van der Waals surface area contributed by atoms with Crippen molar-refractivity contribution in [3.8, 4) is 0 Å². The van der Waals surface area contributed by atoms with Crippen molar-refractivity contribution in [3.05, 3.63) is 23.9 Å². The first-order valence-corrected chi connectivity index (χ1v) is 8.43. The molecule has 0 spiro atoms. The molecule has 1 aromatic rings. The molecule has 1 atom stereocenters. The quantitative estimate of drug-likeness (QED) is 0.786. The monoisotopic (exact) mass is 333 g/mol. The zero-order valence-corrected chi connectivity index (χ0v) is 14.7. The molecule has 2 amide bonds. The standard InChI is InChI=1S/C17H27N5O2/c1-4-15(20-13(2)23)17(24)19-12-14-6-5-7-18-16(14)22-10-8-21(3)9-11-22/h5-7,15H,4,8-12H2,1-3H3,(H,19,24)(H,20,23). The van der Waals surface area contributed by atoms with Crippen LogP contribution in [-0.2, 0) is 16.1 Å². The van der Waals surface area contributed by atoms with Crippen LogP contribution in [0.3, 0.4) is 0 Å². The first kappa shape index (κ1) is 18.2. The van der Waals surface area contributed by atoms with Crippen molar-refractivity contribution in [2.75, 3.05) is 38.1 Å². The Morgan fingerprint density at radius 2 is 2.00 bits per heavy atom. The van der Waals surface area contributed by atoms with Crippen LogP contribution < -0.4 is 15.5 Å². The molecule has 7 heteroatoms. The maximum atomic E-state index is 12.2. The van der Waals surface area contributed by atoms with Crippen molar-refractivity contribution in [2.24, 2.45) is 0 Å². The van der Waals surface area contributed by atoms with Crippen molar-refractivity contribution in [1.29, 1.82) is 0 Å². The number of hydrogen-bond donors (Lipinski definition) is 2. The van der Waals surface area contributed by atoms with E-state index in [2.05, 4.69) is 32.5 Å². The van der Waals surface area contributed by atoms with Crippen LogP contribution in [0.4, 0.5) is 5.82 Å². The summed E-state index contributed by atoms with van der Waals surface area (Å²) in [6.07, 6.45) is 2.34. The second kappa shape index (κ2) is 8.63. The highest BCUT2D eigenvalue weighted by Crippen LogP contribution is 2.18. The SMILES string of the molecule is CCC(NC(C)=O)C(=O)NCc1cccnc1N1CCN(C)CC1. The van der Waals surface area contributed by atoms with Crippen molar-refractivity contribution < 1.29 is 9.59 Å². The Labute approximate surface area is 143 Å². The van der Waals surface area contributed by atoms with Gasteiger partial charge in [0.15, 0.2) is 0 Å². The minimum Gasteiger partial charge on any atom is -0.354 e. The minimum atomic E-state index is -0.494. The predicted octanol–water partition coefficient (Wildman–Crippen LogP) is 0.364. The maximum Gasteiger partial charge on any atom is 0.242 e. The van der Waals surface area contributed by atoms with Gasteiger partial charge in [-0.2, -0.15) is 0 Å². The van der Waals surface area contributed by atoms with Gasteiger partial charge in [-0.15, -0.1) is 0 Å². The summed E-state index contributed by atoms with van der Waals surface area (Å²) < 4.78 is 0. The number of carbonyl (C=O) groups is 2. The zero-order chi connectivity index (χ0) is 17.5. The van der Waals surface area contributed by atoms with Crippen LogP contribution in [0.2, 0.25) is 0 Å². The van der Waals surface area contributed by atoms with Crippen LogP contribution >= 0.6 is 0 Å². The van der Waals surface area contributed by atoms with Crippen LogP contribution in [0, 0.1) is 0 Å². The fraction of sp³-hybridized carbons (Fsp3) is 0.588. The average molecular weight is 333 g/mol. The van der Waals surface area contributed by atoms with E-state index in [1.54, 1.807) is 6.20 Å². The number of aromatic nitrogens is 1. The van der Waals surface area contributed by atoms with Crippen molar-refractivity contribution >= 4 is 17.6 Å². The Kier molecular flexibility index (Phi) is 6.54. The number of piperazine rings is 1. The van der Waals surface area contributed by atoms with Crippen molar-refractivity contribution in [2.45, 2.75) is 32.9 Å². The Balaban J connectivity index is 2.00. The molecule has 1 fully saturated rings. The van der Waals surface area contributed by atoms with E-state index < -0.39 is 6.04 Å². The van der Waals surface area contributed by atoms with E-state index in [9.17, 15) is 9.59 Å². The number of pyridine rings is 1.